The van der Waals surface area contributed by atoms with Gasteiger partial charge < -0.3 is 20.7 Å². The van der Waals surface area contributed by atoms with E-state index in [9.17, 15) is 18.4 Å². The second-order valence-electron chi connectivity index (χ2n) is 9.98. The summed E-state index contributed by atoms with van der Waals surface area (Å²) in [7, 11) is 0. The maximum absolute atomic E-state index is 13.3. The molecule has 2 amide bonds. The minimum absolute atomic E-state index is 0.0218. The molecule has 1 aliphatic carbocycles. The van der Waals surface area contributed by atoms with Crippen molar-refractivity contribution in [1.82, 2.24) is 15.3 Å². The summed E-state index contributed by atoms with van der Waals surface area (Å²) < 4.78 is 31.8. The van der Waals surface area contributed by atoms with Crippen LogP contribution >= 0.6 is 0 Å². The first-order chi connectivity index (χ1) is 15.9. The van der Waals surface area contributed by atoms with Gasteiger partial charge in [-0.2, -0.15) is 0 Å². The summed E-state index contributed by atoms with van der Waals surface area (Å²) in [6.07, 6.45) is 1.04. The zero-order chi connectivity index (χ0) is 25.0. The Kier molecular flexibility index (Phi) is 7.89. The lowest BCUT2D eigenvalue weighted by Crippen LogP contribution is -2.43. The number of carbonyl (C=O) groups is 2. The predicted octanol–water partition coefficient (Wildman–Crippen LogP) is 5.41. The molecule has 1 aliphatic rings. The number of hydrogen-bond acceptors (Lipinski definition) is 6. The van der Waals surface area contributed by atoms with E-state index in [0.29, 0.717) is 35.2 Å². The van der Waals surface area contributed by atoms with Gasteiger partial charge in [0, 0.05) is 35.0 Å². The Labute approximate surface area is 198 Å². The van der Waals surface area contributed by atoms with Gasteiger partial charge in [-0.05, 0) is 66.0 Å². The number of anilines is 2. The van der Waals surface area contributed by atoms with Crippen LogP contribution in [0.15, 0.2) is 18.3 Å². The summed E-state index contributed by atoms with van der Waals surface area (Å²) in [6.45, 7) is 9.17. The van der Waals surface area contributed by atoms with E-state index in [1.54, 1.807) is 26.8 Å². The van der Waals surface area contributed by atoms with Crippen LogP contribution in [-0.2, 0) is 9.53 Å². The zero-order valence-electron chi connectivity index (χ0n) is 20.2. The molecule has 0 aliphatic heterocycles. The number of nitrogens with zero attached hydrogens (tertiary/aromatic N) is 2. The molecule has 8 nitrogen and oxygen atoms in total. The Bertz CT molecular complexity index is 1040. The number of carbonyl (C=O) groups excluding carboxylic acids is 2. The fraction of sp³-hybridized carbons (Fsp3) is 0.583. The highest BCUT2D eigenvalue weighted by atomic mass is 19.3. The van der Waals surface area contributed by atoms with Crippen LogP contribution in [-0.4, -0.2) is 39.7 Å². The third kappa shape index (κ3) is 6.98. The minimum Gasteiger partial charge on any atom is -0.444 e. The number of aromatic nitrogens is 2. The van der Waals surface area contributed by atoms with E-state index in [1.165, 1.54) is 12.3 Å². The average Bonchev–Trinajstić information content (AvgIpc) is 2.72. The van der Waals surface area contributed by atoms with Gasteiger partial charge >= 0.3 is 6.09 Å². The van der Waals surface area contributed by atoms with Crippen LogP contribution in [0.2, 0.25) is 0 Å². The van der Waals surface area contributed by atoms with E-state index in [0.717, 1.165) is 12.8 Å². The van der Waals surface area contributed by atoms with Crippen LogP contribution in [0.25, 0.3) is 10.8 Å². The number of pyridine rings is 2. The van der Waals surface area contributed by atoms with E-state index < -0.39 is 18.1 Å². The number of amides is 2. The highest BCUT2D eigenvalue weighted by Gasteiger charge is 2.29. The van der Waals surface area contributed by atoms with E-state index in [-0.39, 0.29) is 29.6 Å². The second kappa shape index (κ2) is 10.5. The lowest BCUT2D eigenvalue weighted by molar-refractivity contribution is -0.121. The van der Waals surface area contributed by atoms with Crippen molar-refractivity contribution in [2.24, 2.45) is 5.92 Å². The predicted molar refractivity (Wildman–Crippen MR) is 127 cm³/mol. The second-order valence-corrected chi connectivity index (χ2v) is 9.98. The zero-order valence-corrected chi connectivity index (χ0v) is 20.2. The number of alkyl halides is 2. The van der Waals surface area contributed by atoms with Crippen LogP contribution in [0.1, 0.15) is 72.4 Å². The van der Waals surface area contributed by atoms with E-state index in [2.05, 4.69) is 25.9 Å². The van der Waals surface area contributed by atoms with Gasteiger partial charge in [-0.25, -0.2) is 23.5 Å². The number of alkyl carbamates (subject to hydrolysis) is 1. The molecule has 186 valence electrons. The van der Waals surface area contributed by atoms with Crippen molar-refractivity contribution in [2.75, 3.05) is 10.6 Å². The van der Waals surface area contributed by atoms with Gasteiger partial charge in [-0.1, -0.05) is 6.42 Å². The smallest absolute Gasteiger partial charge is 0.407 e. The lowest BCUT2D eigenvalue weighted by Gasteiger charge is -2.30. The van der Waals surface area contributed by atoms with Crippen LogP contribution in [0.4, 0.5) is 25.2 Å². The number of ether oxygens (including phenoxy) is 1. The largest absolute Gasteiger partial charge is 0.444 e. The van der Waals surface area contributed by atoms with Crippen LogP contribution in [0.5, 0.6) is 0 Å². The molecule has 3 rings (SSSR count). The normalized spacial score (nSPS) is 18.7. The fourth-order valence-electron chi connectivity index (χ4n) is 3.99. The van der Waals surface area contributed by atoms with E-state index >= 15 is 0 Å². The average molecular weight is 478 g/mol. The third-order valence-electron chi connectivity index (χ3n) is 5.40. The summed E-state index contributed by atoms with van der Waals surface area (Å²) in [5, 5.41) is 9.88. The van der Waals surface area contributed by atoms with Crippen molar-refractivity contribution in [1.29, 1.82) is 0 Å². The highest BCUT2D eigenvalue weighted by Crippen LogP contribution is 2.30. The molecule has 0 unspecified atom stereocenters. The summed E-state index contributed by atoms with van der Waals surface area (Å²) in [5.74, 6) is 0.148. The maximum Gasteiger partial charge on any atom is 0.407 e. The van der Waals surface area contributed by atoms with Gasteiger partial charge in [0.05, 0.1) is 0 Å². The first kappa shape index (κ1) is 25.6. The SMILES string of the molecule is CC(C)Nc1nc(C(F)F)cc2cnc(NC(=O)[C@H]3CCC[C@@H](NC(=O)OC(C)(C)C)C3)cc12. The van der Waals surface area contributed by atoms with Gasteiger partial charge in [0.15, 0.2) is 0 Å². The molecule has 10 heteroatoms. The van der Waals surface area contributed by atoms with Gasteiger partial charge in [-0.3, -0.25) is 4.79 Å². The van der Waals surface area contributed by atoms with Crippen molar-refractivity contribution < 1.29 is 23.1 Å². The molecule has 2 aromatic heterocycles. The first-order valence-electron chi connectivity index (χ1n) is 11.6. The molecule has 2 atom stereocenters. The van der Waals surface area contributed by atoms with Gasteiger partial charge in [0.1, 0.15) is 22.9 Å². The number of nitrogens with one attached hydrogen (secondary N) is 3. The standard InChI is InChI=1S/C24H33F2N5O3/c1-13(2)28-21-17-11-19(27-12-15(17)10-18(30-21)20(25)26)31-22(32)14-7-6-8-16(9-14)29-23(33)34-24(3,4)5/h10-14,16,20H,6-9H2,1-5H3,(H,28,30)(H,29,33)(H,27,31,32)/t14-,16+/m0/s1. The molecule has 0 bridgehead atoms. The Morgan fingerprint density at radius 3 is 2.56 bits per heavy atom. The Morgan fingerprint density at radius 1 is 1.18 bits per heavy atom. The molecule has 2 aromatic rings. The number of hydrogen-bond donors (Lipinski definition) is 3. The summed E-state index contributed by atoms with van der Waals surface area (Å²) in [5.41, 5.74) is -0.925. The number of halogens is 2. The fourth-order valence-corrected chi connectivity index (χ4v) is 3.99. The van der Waals surface area contributed by atoms with Crippen LogP contribution in [0, 0.1) is 5.92 Å². The molecule has 0 radical (unpaired) electrons. The topological polar surface area (TPSA) is 105 Å². The molecule has 0 aromatic carbocycles. The maximum atomic E-state index is 13.3. The first-order valence-corrected chi connectivity index (χ1v) is 11.6. The van der Waals surface area contributed by atoms with Crippen molar-refractivity contribution in [3.63, 3.8) is 0 Å². The summed E-state index contributed by atoms with van der Waals surface area (Å²) in [6, 6.07) is 2.77. The van der Waals surface area contributed by atoms with Crippen molar-refractivity contribution in [2.45, 2.75) is 84.4 Å². The quantitative estimate of drug-likeness (QED) is 0.514. The molecule has 1 saturated carbocycles. The van der Waals surface area contributed by atoms with Gasteiger partial charge in [0.25, 0.3) is 6.43 Å². The van der Waals surface area contributed by atoms with E-state index in [1.807, 2.05) is 13.8 Å². The Morgan fingerprint density at radius 2 is 1.91 bits per heavy atom. The van der Waals surface area contributed by atoms with E-state index in [4.69, 9.17) is 4.74 Å². The number of rotatable bonds is 6. The molecule has 0 spiro atoms. The van der Waals surface area contributed by atoms with Gasteiger partial charge in [0.2, 0.25) is 5.91 Å². The molecular weight excluding hydrogens is 444 g/mol. The minimum atomic E-state index is -2.70. The Balaban J connectivity index is 1.72. The highest BCUT2D eigenvalue weighted by molar-refractivity contribution is 5.97. The van der Waals surface area contributed by atoms with Crippen molar-refractivity contribution in [3.05, 3.63) is 24.0 Å². The molecule has 34 heavy (non-hydrogen) atoms. The lowest BCUT2D eigenvalue weighted by atomic mass is 9.85. The molecule has 3 N–H and O–H groups in total. The number of fused-ring (bicyclic) bond motifs is 1. The molecule has 2 heterocycles. The van der Waals surface area contributed by atoms with Gasteiger partial charge in [-0.15, -0.1) is 0 Å². The Hall–Kier alpha value is -3.04. The molecule has 0 saturated heterocycles. The third-order valence-corrected chi connectivity index (χ3v) is 5.40. The van der Waals surface area contributed by atoms with Crippen molar-refractivity contribution in [3.8, 4) is 0 Å². The van der Waals surface area contributed by atoms with Crippen LogP contribution < -0.4 is 16.0 Å². The molecular formula is C24H33F2N5O3. The summed E-state index contributed by atoms with van der Waals surface area (Å²) in [4.78, 5) is 33.3. The molecule has 1 fully saturated rings. The van der Waals surface area contributed by atoms with Crippen LogP contribution in [0.3, 0.4) is 0 Å². The van der Waals surface area contributed by atoms with Crippen molar-refractivity contribution >= 4 is 34.4 Å². The monoisotopic (exact) mass is 477 g/mol. The summed E-state index contributed by atoms with van der Waals surface area (Å²) >= 11 is 0.